The van der Waals surface area contributed by atoms with Crippen LogP contribution in [0, 0.1) is 5.92 Å². The quantitative estimate of drug-likeness (QED) is 0.684. The second kappa shape index (κ2) is 8.29. The summed E-state index contributed by atoms with van der Waals surface area (Å²) in [6, 6.07) is 10.0. The molecule has 1 saturated heterocycles. The minimum Gasteiger partial charge on any atom is -0.338 e. The van der Waals surface area contributed by atoms with Crippen molar-refractivity contribution in [3.63, 3.8) is 0 Å². The number of aryl methyl sites for hydroxylation is 1. The topological polar surface area (TPSA) is 76.8 Å². The summed E-state index contributed by atoms with van der Waals surface area (Å²) in [5.41, 5.74) is 2.49. The molecule has 3 aromatic rings. The lowest BCUT2D eigenvalue weighted by molar-refractivity contribution is 0.0658. The van der Waals surface area contributed by atoms with Crippen LogP contribution in [0.25, 0.3) is 11.3 Å². The minimum absolute atomic E-state index is 0.0101. The SMILES string of the molecule is CCc1ncc(C(=O)N2CCCC(Cn3cc(-c4ccccc4)nn3)C2)cn1. The molecule has 7 nitrogen and oxygen atoms in total. The van der Waals surface area contributed by atoms with E-state index in [9.17, 15) is 4.79 Å². The number of piperidine rings is 1. The summed E-state index contributed by atoms with van der Waals surface area (Å²) in [5.74, 6) is 1.13. The van der Waals surface area contributed by atoms with Crippen molar-refractivity contribution in [2.75, 3.05) is 13.1 Å². The van der Waals surface area contributed by atoms with E-state index in [0.717, 1.165) is 56.0 Å². The molecule has 1 aliphatic heterocycles. The van der Waals surface area contributed by atoms with Gasteiger partial charge >= 0.3 is 0 Å². The fraction of sp³-hybridized carbons (Fsp3) is 0.381. The summed E-state index contributed by atoms with van der Waals surface area (Å²) < 4.78 is 1.89. The van der Waals surface area contributed by atoms with Gasteiger partial charge in [-0.25, -0.2) is 9.97 Å². The third kappa shape index (κ3) is 4.08. The first-order chi connectivity index (χ1) is 13.7. The summed E-state index contributed by atoms with van der Waals surface area (Å²) >= 11 is 0. The van der Waals surface area contributed by atoms with Gasteiger partial charge in [-0.05, 0) is 18.8 Å². The molecule has 0 aliphatic carbocycles. The first-order valence-electron chi connectivity index (χ1n) is 9.78. The number of amides is 1. The van der Waals surface area contributed by atoms with E-state index in [-0.39, 0.29) is 5.91 Å². The lowest BCUT2D eigenvalue weighted by Gasteiger charge is -2.32. The predicted octanol–water partition coefficient (Wildman–Crippen LogP) is 2.85. The van der Waals surface area contributed by atoms with Crippen LogP contribution in [0.5, 0.6) is 0 Å². The molecule has 28 heavy (non-hydrogen) atoms. The first-order valence-corrected chi connectivity index (χ1v) is 9.78. The van der Waals surface area contributed by atoms with E-state index < -0.39 is 0 Å². The number of benzene rings is 1. The van der Waals surface area contributed by atoms with Crippen molar-refractivity contribution in [1.29, 1.82) is 0 Å². The zero-order chi connectivity index (χ0) is 19.3. The molecule has 144 valence electrons. The molecule has 2 aromatic heterocycles. The predicted molar refractivity (Wildman–Crippen MR) is 105 cm³/mol. The normalized spacial score (nSPS) is 16.9. The number of rotatable bonds is 5. The number of hydrogen-bond donors (Lipinski definition) is 0. The third-order valence-electron chi connectivity index (χ3n) is 5.13. The van der Waals surface area contributed by atoms with Gasteiger partial charge in [-0.3, -0.25) is 9.48 Å². The van der Waals surface area contributed by atoms with Crippen LogP contribution >= 0.6 is 0 Å². The van der Waals surface area contributed by atoms with Crippen molar-refractivity contribution in [3.8, 4) is 11.3 Å². The van der Waals surface area contributed by atoms with Crippen molar-refractivity contribution in [2.24, 2.45) is 5.92 Å². The smallest absolute Gasteiger partial charge is 0.257 e. The van der Waals surface area contributed by atoms with Crippen LogP contribution in [0.1, 0.15) is 35.9 Å². The summed E-state index contributed by atoms with van der Waals surface area (Å²) in [6.45, 7) is 4.25. The molecular formula is C21H24N6O. The maximum Gasteiger partial charge on any atom is 0.257 e. The molecule has 1 atom stereocenters. The highest BCUT2D eigenvalue weighted by Crippen LogP contribution is 2.21. The summed E-state index contributed by atoms with van der Waals surface area (Å²) in [4.78, 5) is 23.2. The van der Waals surface area contributed by atoms with Gasteiger partial charge in [-0.1, -0.05) is 42.5 Å². The molecule has 7 heteroatoms. The number of hydrogen-bond acceptors (Lipinski definition) is 5. The van der Waals surface area contributed by atoms with E-state index in [0.29, 0.717) is 11.5 Å². The molecule has 1 aromatic carbocycles. The van der Waals surface area contributed by atoms with E-state index in [1.54, 1.807) is 12.4 Å². The number of carbonyl (C=O) groups excluding carboxylic acids is 1. The number of carbonyl (C=O) groups is 1. The first kappa shape index (κ1) is 18.3. The van der Waals surface area contributed by atoms with Gasteiger partial charge in [0.05, 0.1) is 11.8 Å². The Balaban J connectivity index is 1.40. The van der Waals surface area contributed by atoms with Gasteiger partial charge in [0.2, 0.25) is 0 Å². The molecule has 0 spiro atoms. The van der Waals surface area contributed by atoms with Crippen molar-refractivity contribution >= 4 is 5.91 Å². The lowest BCUT2D eigenvalue weighted by atomic mass is 9.97. The van der Waals surface area contributed by atoms with Crippen molar-refractivity contribution in [2.45, 2.75) is 32.7 Å². The number of likely N-dealkylation sites (tertiary alicyclic amines) is 1. The third-order valence-corrected chi connectivity index (χ3v) is 5.13. The van der Waals surface area contributed by atoms with Crippen molar-refractivity contribution in [3.05, 3.63) is 60.3 Å². The highest BCUT2D eigenvalue weighted by atomic mass is 16.2. The fourth-order valence-electron chi connectivity index (χ4n) is 3.62. The Bertz CT molecular complexity index is 922. The molecular weight excluding hydrogens is 352 g/mol. The molecule has 1 fully saturated rings. The van der Waals surface area contributed by atoms with Crippen molar-refractivity contribution < 1.29 is 4.79 Å². The standard InChI is InChI=1S/C21H24N6O/c1-2-20-22-11-18(12-23-20)21(28)26-10-6-7-16(13-26)14-27-15-19(24-25-27)17-8-4-3-5-9-17/h3-5,8-9,11-12,15-16H,2,6-7,10,13-14H2,1H3. The van der Waals surface area contributed by atoms with Gasteiger partial charge in [0.1, 0.15) is 11.5 Å². The van der Waals surface area contributed by atoms with E-state index in [1.807, 2.05) is 53.0 Å². The lowest BCUT2D eigenvalue weighted by Crippen LogP contribution is -2.41. The number of aromatic nitrogens is 5. The summed E-state index contributed by atoms with van der Waals surface area (Å²) in [5, 5.41) is 8.56. The van der Waals surface area contributed by atoms with Crippen LogP contribution in [0.3, 0.4) is 0 Å². The fourth-order valence-corrected chi connectivity index (χ4v) is 3.62. The van der Waals surface area contributed by atoms with Crippen LogP contribution in [0.4, 0.5) is 0 Å². The maximum absolute atomic E-state index is 12.8. The van der Waals surface area contributed by atoms with Crippen LogP contribution in [-0.4, -0.2) is 48.9 Å². The van der Waals surface area contributed by atoms with Crippen LogP contribution in [0.15, 0.2) is 48.9 Å². The van der Waals surface area contributed by atoms with Gasteiger partial charge in [0, 0.05) is 44.0 Å². The average molecular weight is 376 g/mol. The van der Waals surface area contributed by atoms with Gasteiger partial charge in [-0.15, -0.1) is 5.10 Å². The highest BCUT2D eigenvalue weighted by Gasteiger charge is 2.25. The second-order valence-electron chi connectivity index (χ2n) is 7.19. The minimum atomic E-state index is 0.0101. The number of nitrogens with zero attached hydrogens (tertiary/aromatic N) is 6. The van der Waals surface area contributed by atoms with Crippen LogP contribution in [0.2, 0.25) is 0 Å². The molecule has 4 rings (SSSR count). The summed E-state index contributed by atoms with van der Waals surface area (Å²) in [7, 11) is 0. The second-order valence-corrected chi connectivity index (χ2v) is 7.19. The zero-order valence-electron chi connectivity index (χ0n) is 16.0. The monoisotopic (exact) mass is 376 g/mol. The maximum atomic E-state index is 12.8. The Morgan fingerprint density at radius 1 is 1.18 bits per heavy atom. The largest absolute Gasteiger partial charge is 0.338 e. The molecule has 1 unspecified atom stereocenters. The molecule has 0 saturated carbocycles. The van der Waals surface area contributed by atoms with Crippen LogP contribution in [-0.2, 0) is 13.0 Å². The average Bonchev–Trinajstić information content (AvgIpc) is 3.22. The zero-order valence-corrected chi connectivity index (χ0v) is 16.0. The van der Waals surface area contributed by atoms with Crippen LogP contribution < -0.4 is 0 Å². The Hall–Kier alpha value is -3.09. The molecule has 1 amide bonds. The molecule has 0 bridgehead atoms. The van der Waals surface area contributed by atoms with E-state index in [4.69, 9.17) is 0 Å². The Morgan fingerprint density at radius 3 is 2.71 bits per heavy atom. The Labute approximate surface area is 164 Å². The van der Waals surface area contributed by atoms with Crippen molar-refractivity contribution in [1.82, 2.24) is 29.9 Å². The van der Waals surface area contributed by atoms with E-state index >= 15 is 0 Å². The van der Waals surface area contributed by atoms with Gasteiger partial charge in [0.25, 0.3) is 5.91 Å². The summed E-state index contributed by atoms with van der Waals surface area (Å²) in [6.07, 6.45) is 8.10. The van der Waals surface area contributed by atoms with Gasteiger partial charge in [0.15, 0.2) is 0 Å². The van der Waals surface area contributed by atoms with E-state index in [2.05, 4.69) is 20.3 Å². The molecule has 0 N–H and O–H groups in total. The molecule has 1 aliphatic rings. The Morgan fingerprint density at radius 2 is 1.96 bits per heavy atom. The van der Waals surface area contributed by atoms with Gasteiger partial charge < -0.3 is 4.90 Å². The van der Waals surface area contributed by atoms with Gasteiger partial charge in [-0.2, -0.15) is 0 Å². The Kier molecular flexibility index (Phi) is 5.41. The van der Waals surface area contributed by atoms with E-state index in [1.165, 1.54) is 0 Å². The molecule has 0 radical (unpaired) electrons. The highest BCUT2D eigenvalue weighted by molar-refractivity contribution is 5.93. The molecule has 3 heterocycles.